The van der Waals surface area contributed by atoms with E-state index in [1.165, 1.54) is 27.8 Å². The van der Waals surface area contributed by atoms with Gasteiger partial charge in [-0.1, -0.05) is 68.1 Å². The highest BCUT2D eigenvalue weighted by molar-refractivity contribution is 8.25. The Balaban J connectivity index is 0.000000758. The number of hydrogen-bond acceptors (Lipinski definition) is 4. The summed E-state index contributed by atoms with van der Waals surface area (Å²) in [5, 5.41) is 16.4. The normalized spacial score (nSPS) is 14.0. The van der Waals surface area contributed by atoms with Crippen molar-refractivity contribution in [1.82, 2.24) is 0 Å². The lowest BCUT2D eigenvalue weighted by molar-refractivity contribution is 0.298. The molecule has 0 aromatic heterocycles. The molecule has 2 nitrogen and oxygen atoms in total. The second-order valence-corrected chi connectivity index (χ2v) is 8.34. The van der Waals surface area contributed by atoms with Crippen LogP contribution in [0.3, 0.4) is 0 Å². The van der Waals surface area contributed by atoms with E-state index in [0.717, 1.165) is 16.0 Å². The van der Waals surface area contributed by atoms with Crippen molar-refractivity contribution in [3.63, 3.8) is 0 Å². The lowest BCUT2D eigenvalue weighted by Gasteiger charge is -2.07. The van der Waals surface area contributed by atoms with Crippen LogP contribution in [0.1, 0.15) is 42.5 Å². The first kappa shape index (κ1) is 20.7. The Bertz CT molecular complexity index is 818. The first-order valence-corrected chi connectivity index (χ1v) is 10.3. The highest BCUT2D eigenvalue weighted by Gasteiger charge is 2.22. The van der Waals surface area contributed by atoms with Gasteiger partial charge in [0, 0.05) is 28.2 Å². The molecule has 0 spiro atoms. The number of fused-ring (bicyclic) bond motifs is 1. The summed E-state index contributed by atoms with van der Waals surface area (Å²) in [5.74, 6) is -0.317. The molecule has 1 aliphatic heterocycles. The monoisotopic (exact) mass is 389 g/mol. The maximum absolute atomic E-state index is 14.1. The van der Waals surface area contributed by atoms with Gasteiger partial charge in [-0.25, -0.2) is 4.39 Å². The molecule has 0 amide bonds. The van der Waals surface area contributed by atoms with E-state index in [2.05, 4.69) is 32.9 Å². The third kappa shape index (κ3) is 5.00. The van der Waals surface area contributed by atoms with Crippen molar-refractivity contribution in [3.8, 4) is 0 Å². The summed E-state index contributed by atoms with van der Waals surface area (Å²) < 4.78 is 15.1. The molecule has 0 radical (unpaired) electrons. The van der Waals surface area contributed by atoms with Crippen LogP contribution in [0.4, 0.5) is 4.39 Å². The Hall–Kier alpha value is -1.56. The van der Waals surface area contributed by atoms with Crippen LogP contribution in [0.5, 0.6) is 0 Å². The van der Waals surface area contributed by atoms with Gasteiger partial charge in [0.25, 0.3) is 0 Å². The third-order valence-electron chi connectivity index (χ3n) is 3.64. The van der Waals surface area contributed by atoms with Gasteiger partial charge in [0.05, 0.1) is 4.24 Å². The largest absolute Gasteiger partial charge is 0.396 e. The fourth-order valence-corrected chi connectivity index (χ4v) is 5.11. The minimum absolute atomic E-state index is 0.124. The molecule has 5 heteroatoms. The minimum Gasteiger partial charge on any atom is -0.396 e. The number of aliphatic hydroxyl groups is 1. The molecule has 2 aromatic rings. The summed E-state index contributed by atoms with van der Waals surface area (Å²) in [7, 11) is 0. The number of hydrogen-bond donors (Lipinski definition) is 2. The van der Waals surface area contributed by atoms with Gasteiger partial charge in [0.2, 0.25) is 0 Å². The number of benzene rings is 2. The molecule has 3 rings (SSSR count). The Morgan fingerprint density at radius 3 is 2.42 bits per heavy atom. The molecule has 0 aliphatic carbocycles. The standard InChI is InChI=1S/C18H16FNOS2.C3H8/c1-11-2-4-13(6-7-21)18-17(11)22-16(23-18)9-14-5-3-12(10-20)8-15(14)19;1-3-2/h2-5,8-10,20-21H,6-7H2,1H3;3H2,1-2H3/b16-9-,20-10?;. The molecule has 0 saturated carbocycles. The number of halogens is 1. The van der Waals surface area contributed by atoms with Gasteiger partial charge in [-0.05, 0) is 42.2 Å². The summed E-state index contributed by atoms with van der Waals surface area (Å²) in [6, 6.07) is 8.94. The van der Waals surface area contributed by atoms with Gasteiger partial charge in [-0.15, -0.1) is 0 Å². The molecule has 1 heterocycles. The molecule has 0 atom stereocenters. The predicted octanol–water partition coefficient (Wildman–Crippen LogP) is 6.28. The van der Waals surface area contributed by atoms with E-state index in [0.29, 0.717) is 17.5 Å². The van der Waals surface area contributed by atoms with Gasteiger partial charge >= 0.3 is 0 Å². The molecule has 0 saturated heterocycles. The van der Waals surface area contributed by atoms with Crippen molar-refractivity contribution in [2.45, 2.75) is 43.4 Å². The van der Waals surface area contributed by atoms with Gasteiger partial charge in [-0.2, -0.15) is 0 Å². The molecule has 2 N–H and O–H groups in total. The summed E-state index contributed by atoms with van der Waals surface area (Å²) in [6.07, 6.45) is 4.87. The molecular formula is C21H24FNOS2. The maximum atomic E-state index is 14.1. The number of nitrogens with one attached hydrogen (secondary N) is 1. The fourth-order valence-electron chi connectivity index (χ4n) is 2.42. The highest BCUT2D eigenvalue weighted by Crippen LogP contribution is 2.54. The summed E-state index contributed by atoms with van der Waals surface area (Å²) in [6.45, 7) is 6.44. The zero-order chi connectivity index (χ0) is 19.1. The first-order valence-electron chi connectivity index (χ1n) is 8.64. The summed E-state index contributed by atoms with van der Waals surface area (Å²) in [5.41, 5.74) is 3.41. The lowest BCUT2D eigenvalue weighted by Crippen LogP contribution is -1.94. The molecule has 1 aliphatic rings. The van der Waals surface area contributed by atoms with E-state index in [4.69, 9.17) is 5.41 Å². The summed E-state index contributed by atoms with van der Waals surface area (Å²) in [4.78, 5) is 2.37. The van der Waals surface area contributed by atoms with E-state index in [1.807, 2.05) is 6.08 Å². The van der Waals surface area contributed by atoms with Crippen LogP contribution >= 0.6 is 23.5 Å². The van der Waals surface area contributed by atoms with Crippen LogP contribution in [0.15, 0.2) is 44.4 Å². The van der Waals surface area contributed by atoms with E-state index in [1.54, 1.807) is 35.7 Å². The smallest absolute Gasteiger partial charge is 0.131 e. The second-order valence-electron chi connectivity index (χ2n) is 5.97. The summed E-state index contributed by atoms with van der Waals surface area (Å²) >= 11 is 3.28. The highest BCUT2D eigenvalue weighted by atomic mass is 32.2. The van der Waals surface area contributed by atoms with Gasteiger partial charge in [0.1, 0.15) is 5.82 Å². The van der Waals surface area contributed by atoms with Crippen molar-refractivity contribution < 1.29 is 9.50 Å². The molecule has 0 bridgehead atoms. The average molecular weight is 390 g/mol. The van der Waals surface area contributed by atoms with Crippen molar-refractivity contribution in [2.24, 2.45) is 0 Å². The van der Waals surface area contributed by atoms with E-state index < -0.39 is 0 Å². The van der Waals surface area contributed by atoms with E-state index >= 15 is 0 Å². The number of rotatable bonds is 4. The van der Waals surface area contributed by atoms with Crippen LogP contribution in [0, 0.1) is 18.2 Å². The molecule has 0 unspecified atom stereocenters. The van der Waals surface area contributed by atoms with Crippen molar-refractivity contribution >= 4 is 35.8 Å². The molecular weight excluding hydrogens is 365 g/mol. The van der Waals surface area contributed by atoms with Crippen LogP contribution < -0.4 is 0 Å². The van der Waals surface area contributed by atoms with Crippen molar-refractivity contribution in [1.29, 1.82) is 5.41 Å². The van der Waals surface area contributed by atoms with Crippen LogP contribution in [0.25, 0.3) is 6.08 Å². The minimum atomic E-state index is -0.317. The molecule has 138 valence electrons. The molecule has 0 fully saturated rings. The number of aryl methyl sites for hydroxylation is 1. The van der Waals surface area contributed by atoms with Gasteiger partial charge in [0.15, 0.2) is 0 Å². The Labute approximate surface area is 163 Å². The van der Waals surface area contributed by atoms with Gasteiger partial charge in [-0.3, -0.25) is 0 Å². The Morgan fingerprint density at radius 2 is 1.81 bits per heavy atom. The van der Waals surface area contributed by atoms with Crippen LogP contribution in [-0.4, -0.2) is 17.9 Å². The zero-order valence-corrected chi connectivity index (χ0v) is 16.9. The Morgan fingerprint density at radius 1 is 1.12 bits per heavy atom. The fraction of sp³-hybridized carbons (Fsp3) is 0.286. The molecule has 26 heavy (non-hydrogen) atoms. The van der Waals surface area contributed by atoms with E-state index in [9.17, 15) is 9.50 Å². The first-order chi connectivity index (χ1) is 12.5. The second kappa shape index (κ2) is 9.95. The van der Waals surface area contributed by atoms with Crippen molar-refractivity contribution in [3.05, 3.63) is 62.6 Å². The predicted molar refractivity (Wildman–Crippen MR) is 112 cm³/mol. The van der Waals surface area contributed by atoms with Gasteiger partial charge < -0.3 is 10.5 Å². The van der Waals surface area contributed by atoms with Crippen molar-refractivity contribution in [2.75, 3.05) is 6.61 Å². The van der Waals surface area contributed by atoms with Crippen LogP contribution in [-0.2, 0) is 6.42 Å². The number of thioether (sulfide) groups is 2. The Kier molecular flexibility index (Phi) is 7.94. The quantitative estimate of drug-likeness (QED) is 0.605. The van der Waals surface area contributed by atoms with E-state index in [-0.39, 0.29) is 12.4 Å². The average Bonchev–Trinajstić information content (AvgIpc) is 3.05. The molecule has 2 aromatic carbocycles. The number of aliphatic hydroxyl groups excluding tert-OH is 1. The lowest BCUT2D eigenvalue weighted by atomic mass is 10.1. The third-order valence-corrected chi connectivity index (χ3v) is 6.31. The SMILES string of the molecule is CCC.Cc1ccc(CCO)c2c1S/C(=C/c1ccc(C=N)cc1F)S2. The zero-order valence-electron chi connectivity index (χ0n) is 15.3. The topological polar surface area (TPSA) is 44.1 Å². The maximum Gasteiger partial charge on any atom is 0.131 e. The van der Waals surface area contributed by atoms with Crippen LogP contribution in [0.2, 0.25) is 0 Å².